The Morgan fingerprint density at radius 2 is 1.82 bits per heavy atom. The number of hydrogen-bond acceptors (Lipinski definition) is 2. The number of pyridine rings is 2. The summed E-state index contributed by atoms with van der Waals surface area (Å²) in [5.41, 5.74) is 8.75. The molecule has 3 heterocycles. The SMILES string of the molecule is C=CCCC.CC.CCc1c(C)cc2n(c1=O)Cc1c-2nc2cc(F)c(C)c3c2c1CCC3. The van der Waals surface area contributed by atoms with E-state index in [4.69, 9.17) is 4.98 Å². The molecule has 1 aliphatic heterocycles. The maximum absolute atomic E-state index is 14.4. The fourth-order valence-corrected chi connectivity index (χ4v) is 5.06. The van der Waals surface area contributed by atoms with Crippen molar-refractivity contribution in [2.45, 2.75) is 86.6 Å². The standard InChI is InChI=1S/C22H21FN2O.C5H10.C2H6/c1-4-13-11(2)8-19-21-16(10-25(19)22(13)26)15-7-5-6-14-12(3)17(23)9-18(24-21)20(14)15;1-3-5-4-2;1-2/h8-9H,4-7,10H2,1-3H3;3H,1,4-5H2,2H3;1-2H3. The first-order valence-electron chi connectivity index (χ1n) is 12.4. The summed E-state index contributed by atoms with van der Waals surface area (Å²) in [7, 11) is 0. The molecule has 1 aromatic carbocycles. The number of aromatic nitrogens is 2. The molecule has 0 atom stereocenters. The minimum absolute atomic E-state index is 0.0927. The van der Waals surface area contributed by atoms with Crippen molar-refractivity contribution < 1.29 is 4.39 Å². The van der Waals surface area contributed by atoms with Gasteiger partial charge in [-0.15, -0.1) is 6.58 Å². The van der Waals surface area contributed by atoms with Gasteiger partial charge in [-0.2, -0.15) is 0 Å². The number of benzene rings is 1. The van der Waals surface area contributed by atoms with E-state index in [1.165, 1.54) is 12.0 Å². The number of hydrogen-bond donors (Lipinski definition) is 0. The monoisotopic (exact) mass is 448 g/mol. The maximum Gasteiger partial charge on any atom is 0.254 e. The van der Waals surface area contributed by atoms with Crippen molar-refractivity contribution in [1.29, 1.82) is 0 Å². The van der Waals surface area contributed by atoms with E-state index in [-0.39, 0.29) is 11.4 Å². The zero-order valence-electron chi connectivity index (χ0n) is 21.1. The van der Waals surface area contributed by atoms with Crippen LogP contribution >= 0.6 is 0 Å². The molecule has 0 N–H and O–H groups in total. The van der Waals surface area contributed by atoms with Crippen molar-refractivity contribution >= 4 is 10.9 Å². The normalized spacial score (nSPS) is 12.8. The molecule has 0 radical (unpaired) electrons. The molecule has 0 unspecified atom stereocenters. The topological polar surface area (TPSA) is 34.9 Å². The van der Waals surface area contributed by atoms with Crippen molar-refractivity contribution in [3.05, 3.63) is 74.3 Å². The van der Waals surface area contributed by atoms with Gasteiger partial charge in [0.15, 0.2) is 0 Å². The molecule has 0 bridgehead atoms. The third kappa shape index (κ3) is 4.28. The second-order valence-corrected chi connectivity index (χ2v) is 8.64. The zero-order valence-corrected chi connectivity index (χ0v) is 21.1. The average molecular weight is 449 g/mol. The summed E-state index contributed by atoms with van der Waals surface area (Å²) in [6.45, 7) is 16.2. The van der Waals surface area contributed by atoms with Crippen LogP contribution in [0.2, 0.25) is 0 Å². The van der Waals surface area contributed by atoms with Gasteiger partial charge in [0.25, 0.3) is 5.56 Å². The minimum atomic E-state index is -0.180. The first-order chi connectivity index (χ1) is 15.9. The molecular weight excluding hydrogens is 411 g/mol. The predicted octanol–water partition coefficient (Wildman–Crippen LogP) is 7.23. The highest BCUT2D eigenvalue weighted by atomic mass is 19.1. The molecule has 1 aliphatic carbocycles. The lowest BCUT2D eigenvalue weighted by Gasteiger charge is -2.21. The van der Waals surface area contributed by atoms with Gasteiger partial charge in [-0.25, -0.2) is 9.37 Å². The third-order valence-corrected chi connectivity index (χ3v) is 6.70. The first kappa shape index (κ1) is 24.9. The van der Waals surface area contributed by atoms with E-state index >= 15 is 0 Å². The minimum Gasteiger partial charge on any atom is -0.302 e. The van der Waals surface area contributed by atoms with E-state index in [1.807, 2.05) is 45.3 Å². The summed E-state index contributed by atoms with van der Waals surface area (Å²) in [6, 6.07) is 3.64. The lowest BCUT2D eigenvalue weighted by atomic mass is 9.85. The molecule has 0 saturated heterocycles. The zero-order chi connectivity index (χ0) is 24.3. The van der Waals surface area contributed by atoms with E-state index in [1.54, 1.807) is 6.07 Å². The molecule has 3 nitrogen and oxygen atoms in total. The summed E-state index contributed by atoms with van der Waals surface area (Å²) in [4.78, 5) is 17.8. The highest BCUT2D eigenvalue weighted by molar-refractivity contribution is 5.92. The Morgan fingerprint density at radius 3 is 2.42 bits per heavy atom. The van der Waals surface area contributed by atoms with Crippen LogP contribution in [0.3, 0.4) is 0 Å². The molecule has 0 fully saturated rings. The van der Waals surface area contributed by atoms with Gasteiger partial charge < -0.3 is 4.57 Å². The van der Waals surface area contributed by atoms with Crippen LogP contribution in [0, 0.1) is 19.7 Å². The van der Waals surface area contributed by atoms with E-state index in [0.717, 1.165) is 82.2 Å². The highest BCUT2D eigenvalue weighted by Gasteiger charge is 2.29. The van der Waals surface area contributed by atoms with Crippen LogP contribution in [-0.2, 0) is 25.8 Å². The van der Waals surface area contributed by atoms with Crippen LogP contribution < -0.4 is 5.56 Å². The quantitative estimate of drug-likeness (QED) is 0.310. The molecule has 5 rings (SSSR count). The fourth-order valence-electron chi connectivity index (χ4n) is 5.06. The smallest absolute Gasteiger partial charge is 0.254 e. The second-order valence-electron chi connectivity index (χ2n) is 8.64. The van der Waals surface area contributed by atoms with Crippen LogP contribution in [0.4, 0.5) is 4.39 Å². The summed E-state index contributed by atoms with van der Waals surface area (Å²) in [5.74, 6) is -0.180. The Hall–Kier alpha value is -2.75. The molecule has 176 valence electrons. The van der Waals surface area contributed by atoms with Crippen molar-refractivity contribution in [1.82, 2.24) is 9.55 Å². The van der Waals surface area contributed by atoms with Gasteiger partial charge in [-0.1, -0.05) is 40.2 Å². The summed E-state index contributed by atoms with van der Waals surface area (Å²) >= 11 is 0. The molecule has 2 aliphatic rings. The number of aryl methyl sites for hydroxylation is 3. The maximum atomic E-state index is 14.4. The van der Waals surface area contributed by atoms with Gasteiger partial charge >= 0.3 is 0 Å². The highest BCUT2D eigenvalue weighted by Crippen LogP contribution is 2.41. The number of unbranched alkanes of at least 4 members (excludes halogenated alkanes) is 1. The van der Waals surface area contributed by atoms with Crippen LogP contribution in [0.1, 0.15) is 80.3 Å². The second kappa shape index (κ2) is 10.5. The Kier molecular flexibility index (Phi) is 7.88. The first-order valence-corrected chi connectivity index (χ1v) is 12.4. The van der Waals surface area contributed by atoms with Gasteiger partial charge in [0.05, 0.1) is 23.4 Å². The van der Waals surface area contributed by atoms with Crippen molar-refractivity contribution in [2.75, 3.05) is 0 Å². The van der Waals surface area contributed by atoms with Gasteiger partial charge in [0.1, 0.15) is 5.82 Å². The summed E-state index contributed by atoms with van der Waals surface area (Å²) < 4.78 is 16.3. The molecular formula is C29H37FN2O. The number of allylic oxidation sites excluding steroid dienone is 1. The van der Waals surface area contributed by atoms with Gasteiger partial charge in [0.2, 0.25) is 0 Å². The van der Waals surface area contributed by atoms with Crippen LogP contribution in [0.15, 0.2) is 29.6 Å². The van der Waals surface area contributed by atoms with Crippen LogP contribution in [0.5, 0.6) is 0 Å². The van der Waals surface area contributed by atoms with E-state index < -0.39 is 0 Å². The van der Waals surface area contributed by atoms with Crippen molar-refractivity contribution in [3.8, 4) is 11.4 Å². The number of fused-ring (bicyclic) bond motifs is 4. The lowest BCUT2D eigenvalue weighted by Crippen LogP contribution is -2.23. The van der Waals surface area contributed by atoms with Gasteiger partial charge in [-0.05, 0) is 74.3 Å². The Balaban J connectivity index is 0.000000390. The number of halogens is 1. The molecule has 33 heavy (non-hydrogen) atoms. The average Bonchev–Trinajstić information content (AvgIpc) is 3.19. The van der Waals surface area contributed by atoms with Crippen molar-refractivity contribution in [2.24, 2.45) is 0 Å². The Morgan fingerprint density at radius 1 is 1.12 bits per heavy atom. The fraction of sp³-hybridized carbons (Fsp3) is 0.448. The number of rotatable bonds is 3. The molecule has 4 heteroatoms. The predicted molar refractivity (Wildman–Crippen MR) is 138 cm³/mol. The molecule has 0 spiro atoms. The van der Waals surface area contributed by atoms with E-state index in [9.17, 15) is 9.18 Å². The Bertz CT molecular complexity index is 1250. The van der Waals surface area contributed by atoms with Gasteiger partial charge in [-0.3, -0.25) is 4.79 Å². The van der Waals surface area contributed by atoms with Crippen LogP contribution in [0.25, 0.3) is 22.3 Å². The van der Waals surface area contributed by atoms with E-state index in [0.29, 0.717) is 6.54 Å². The molecule has 0 amide bonds. The molecule has 2 aromatic heterocycles. The number of nitrogens with zero attached hydrogens (tertiary/aromatic N) is 2. The van der Waals surface area contributed by atoms with E-state index in [2.05, 4.69) is 19.6 Å². The third-order valence-electron chi connectivity index (χ3n) is 6.70. The summed E-state index contributed by atoms with van der Waals surface area (Å²) in [6.07, 6.45) is 7.94. The largest absolute Gasteiger partial charge is 0.302 e. The summed E-state index contributed by atoms with van der Waals surface area (Å²) in [5, 5.41) is 1.13. The van der Waals surface area contributed by atoms with Crippen molar-refractivity contribution in [3.63, 3.8) is 0 Å². The lowest BCUT2D eigenvalue weighted by molar-refractivity contribution is 0.615. The Labute approximate surface area is 197 Å². The van der Waals surface area contributed by atoms with Gasteiger partial charge in [0, 0.05) is 22.6 Å². The van der Waals surface area contributed by atoms with Crippen LogP contribution in [-0.4, -0.2) is 9.55 Å². The molecule has 3 aromatic rings. The molecule has 0 saturated carbocycles.